The maximum atomic E-state index is 12.0. The van der Waals surface area contributed by atoms with Crippen molar-refractivity contribution in [2.45, 2.75) is 19.9 Å². The fourth-order valence-corrected chi connectivity index (χ4v) is 2.69. The van der Waals surface area contributed by atoms with E-state index in [0.717, 1.165) is 35.5 Å². The van der Waals surface area contributed by atoms with E-state index in [0.29, 0.717) is 12.2 Å². The van der Waals surface area contributed by atoms with Gasteiger partial charge in [-0.3, -0.25) is 4.52 Å². The Morgan fingerprint density at radius 1 is 1.16 bits per heavy atom. The molecular formula is C19H22N3O3+. The molecule has 0 radical (unpaired) electrons. The monoisotopic (exact) mass is 340 g/mol. The van der Waals surface area contributed by atoms with Gasteiger partial charge in [0.05, 0.1) is 13.7 Å². The molecule has 130 valence electrons. The highest BCUT2D eigenvalue weighted by Gasteiger charge is 2.22. The maximum Gasteiger partial charge on any atom is 0.431 e. The Morgan fingerprint density at radius 2 is 1.92 bits per heavy atom. The first-order chi connectivity index (χ1) is 12.2. The molecule has 0 atom stereocenters. The molecule has 1 aromatic heterocycles. The first-order valence-electron chi connectivity index (χ1n) is 8.21. The van der Waals surface area contributed by atoms with Crippen molar-refractivity contribution in [1.29, 1.82) is 0 Å². The third-order valence-corrected chi connectivity index (χ3v) is 4.08. The summed E-state index contributed by atoms with van der Waals surface area (Å²) in [5.74, 6) is 0.875. The fourth-order valence-electron chi connectivity index (χ4n) is 2.69. The van der Waals surface area contributed by atoms with E-state index in [4.69, 9.17) is 9.26 Å². The Hall–Kier alpha value is -2.86. The number of ether oxygens (including phenoxy) is 1. The summed E-state index contributed by atoms with van der Waals surface area (Å²) in [6.45, 7) is 3.15. The highest BCUT2D eigenvalue weighted by molar-refractivity contribution is 5.33. The number of para-hydroxylation sites is 1. The third kappa shape index (κ3) is 3.97. The molecule has 0 aliphatic rings. The SMILES string of the molecule is COc1ccccc1CCNCc1c(=O)o[nH][n+]1-c1ccc(C)cc1. The van der Waals surface area contributed by atoms with Crippen LogP contribution in [0.5, 0.6) is 5.75 Å². The van der Waals surface area contributed by atoms with Crippen molar-refractivity contribution < 1.29 is 13.9 Å². The van der Waals surface area contributed by atoms with E-state index in [1.54, 1.807) is 11.8 Å². The van der Waals surface area contributed by atoms with Gasteiger partial charge in [0.2, 0.25) is 5.69 Å². The van der Waals surface area contributed by atoms with E-state index in [-0.39, 0.29) is 5.63 Å². The molecule has 2 N–H and O–H groups in total. The van der Waals surface area contributed by atoms with Crippen molar-refractivity contribution in [2.24, 2.45) is 0 Å². The molecule has 0 aliphatic carbocycles. The van der Waals surface area contributed by atoms with E-state index in [2.05, 4.69) is 10.6 Å². The molecule has 25 heavy (non-hydrogen) atoms. The Kier molecular flexibility index (Phi) is 5.30. The van der Waals surface area contributed by atoms with Gasteiger partial charge in [-0.1, -0.05) is 35.9 Å². The molecule has 3 rings (SSSR count). The average molecular weight is 340 g/mol. The van der Waals surface area contributed by atoms with Crippen LogP contribution in [0, 0.1) is 6.92 Å². The second-order valence-electron chi connectivity index (χ2n) is 5.84. The lowest BCUT2D eigenvalue weighted by Crippen LogP contribution is -2.41. The van der Waals surface area contributed by atoms with E-state index >= 15 is 0 Å². The topological polar surface area (TPSA) is 71.1 Å². The van der Waals surface area contributed by atoms with Crippen LogP contribution >= 0.6 is 0 Å². The summed E-state index contributed by atoms with van der Waals surface area (Å²) >= 11 is 0. The molecule has 0 unspecified atom stereocenters. The van der Waals surface area contributed by atoms with Crippen molar-refractivity contribution in [3.8, 4) is 11.4 Å². The molecule has 0 saturated carbocycles. The molecule has 0 saturated heterocycles. The Balaban J connectivity index is 1.65. The second-order valence-corrected chi connectivity index (χ2v) is 5.84. The highest BCUT2D eigenvalue weighted by atomic mass is 16.5. The number of hydrogen-bond acceptors (Lipinski definition) is 4. The number of rotatable bonds is 7. The number of aromatic nitrogens is 2. The molecule has 1 heterocycles. The summed E-state index contributed by atoms with van der Waals surface area (Å²) in [4.78, 5) is 12.0. The van der Waals surface area contributed by atoms with Gasteiger partial charge in [-0.15, -0.1) is 0 Å². The smallest absolute Gasteiger partial charge is 0.431 e. The van der Waals surface area contributed by atoms with E-state index < -0.39 is 0 Å². The summed E-state index contributed by atoms with van der Waals surface area (Å²) in [6.07, 6.45) is 0.810. The predicted molar refractivity (Wildman–Crippen MR) is 94.0 cm³/mol. The summed E-state index contributed by atoms with van der Waals surface area (Å²) < 4.78 is 12.0. The van der Waals surface area contributed by atoms with Crippen LogP contribution in [0.15, 0.2) is 57.8 Å². The number of H-pyrrole nitrogens is 1. The number of nitrogens with zero attached hydrogens (tertiary/aromatic N) is 1. The Labute approximate surface area is 146 Å². The van der Waals surface area contributed by atoms with Crippen LogP contribution < -0.4 is 20.4 Å². The van der Waals surface area contributed by atoms with Gasteiger partial charge < -0.3 is 10.1 Å². The minimum absolute atomic E-state index is 0.370. The van der Waals surface area contributed by atoms with Crippen molar-refractivity contribution in [2.75, 3.05) is 13.7 Å². The van der Waals surface area contributed by atoms with Crippen molar-refractivity contribution in [1.82, 2.24) is 10.6 Å². The van der Waals surface area contributed by atoms with Gasteiger partial charge in [0.15, 0.2) is 0 Å². The molecule has 0 bridgehead atoms. The van der Waals surface area contributed by atoms with Crippen LogP contribution in [0.25, 0.3) is 5.69 Å². The van der Waals surface area contributed by atoms with Crippen molar-refractivity contribution in [3.05, 3.63) is 75.8 Å². The van der Waals surface area contributed by atoms with Crippen LogP contribution in [-0.2, 0) is 13.0 Å². The lowest BCUT2D eigenvalue weighted by Gasteiger charge is -2.07. The number of methoxy groups -OCH3 is 1. The predicted octanol–water partition coefficient (Wildman–Crippen LogP) is 1.89. The van der Waals surface area contributed by atoms with Crippen LogP contribution in [0.3, 0.4) is 0 Å². The van der Waals surface area contributed by atoms with E-state index in [1.165, 1.54) is 0 Å². The Morgan fingerprint density at radius 3 is 2.68 bits per heavy atom. The molecule has 2 aromatic carbocycles. The first kappa shape index (κ1) is 17.0. The number of nitrogens with one attached hydrogen (secondary N) is 2. The number of hydrogen-bond donors (Lipinski definition) is 2. The normalized spacial score (nSPS) is 10.8. The minimum atomic E-state index is -0.370. The standard InChI is InChI=1S/C19H21N3O3/c1-14-7-9-16(10-8-14)22-17(19(23)25-21-22)13-20-12-11-15-5-3-4-6-18(15)24-2/h3-10,20H,11-13H2,1-2H3/p+1. The quantitative estimate of drug-likeness (QED) is 0.509. The first-order valence-corrected chi connectivity index (χ1v) is 8.21. The average Bonchev–Trinajstić information content (AvgIpc) is 3.00. The highest BCUT2D eigenvalue weighted by Crippen LogP contribution is 2.17. The zero-order valence-corrected chi connectivity index (χ0v) is 14.4. The summed E-state index contributed by atoms with van der Waals surface area (Å²) in [6, 6.07) is 15.8. The lowest BCUT2D eigenvalue weighted by molar-refractivity contribution is -0.677. The lowest BCUT2D eigenvalue weighted by atomic mass is 10.1. The molecule has 0 amide bonds. The minimum Gasteiger partial charge on any atom is -0.496 e. The van der Waals surface area contributed by atoms with Crippen molar-refractivity contribution in [3.63, 3.8) is 0 Å². The third-order valence-electron chi connectivity index (χ3n) is 4.08. The van der Waals surface area contributed by atoms with Crippen LogP contribution in [0.4, 0.5) is 0 Å². The van der Waals surface area contributed by atoms with Gasteiger partial charge in [-0.25, -0.2) is 4.79 Å². The zero-order valence-electron chi connectivity index (χ0n) is 14.4. The van der Waals surface area contributed by atoms with Gasteiger partial charge in [0.25, 0.3) is 0 Å². The summed E-state index contributed by atoms with van der Waals surface area (Å²) in [7, 11) is 1.67. The number of aromatic amines is 1. The molecule has 0 aliphatic heterocycles. The van der Waals surface area contributed by atoms with Crippen LogP contribution in [0.2, 0.25) is 0 Å². The molecule has 0 spiro atoms. The molecule has 6 heteroatoms. The van der Waals surface area contributed by atoms with Crippen LogP contribution in [-0.4, -0.2) is 18.9 Å². The molecule has 0 fully saturated rings. The maximum absolute atomic E-state index is 12.0. The van der Waals surface area contributed by atoms with E-state index in [1.807, 2.05) is 55.5 Å². The Bertz CT molecular complexity index is 881. The van der Waals surface area contributed by atoms with Crippen LogP contribution in [0.1, 0.15) is 16.8 Å². The molecule has 3 aromatic rings. The number of aryl methyl sites for hydroxylation is 1. The summed E-state index contributed by atoms with van der Waals surface area (Å²) in [5, 5.41) is 5.95. The molecular weight excluding hydrogens is 318 g/mol. The summed E-state index contributed by atoms with van der Waals surface area (Å²) in [5.41, 5.74) is 3.31. The fraction of sp³-hybridized carbons (Fsp3) is 0.263. The van der Waals surface area contributed by atoms with Gasteiger partial charge in [-0.2, -0.15) is 0 Å². The van der Waals surface area contributed by atoms with Crippen molar-refractivity contribution >= 4 is 0 Å². The second kappa shape index (κ2) is 7.81. The van der Waals surface area contributed by atoms with E-state index in [9.17, 15) is 4.79 Å². The van der Waals surface area contributed by atoms with Gasteiger partial charge in [0, 0.05) is 12.1 Å². The number of benzene rings is 2. The molecule has 6 nitrogen and oxygen atoms in total. The van der Waals surface area contributed by atoms with Gasteiger partial charge in [-0.05, 0) is 41.5 Å². The van der Waals surface area contributed by atoms with Gasteiger partial charge >= 0.3 is 11.3 Å². The largest absolute Gasteiger partial charge is 0.496 e. The zero-order chi connectivity index (χ0) is 17.6. The van der Waals surface area contributed by atoms with Gasteiger partial charge in [0.1, 0.15) is 5.75 Å².